The molecule has 0 aromatic rings. The maximum atomic E-state index is 12.5. The Bertz CT molecular complexity index is 409. The van der Waals surface area contributed by atoms with E-state index in [0.717, 1.165) is 38.9 Å². The molecule has 0 aromatic heterocycles. The van der Waals surface area contributed by atoms with Crippen LogP contribution in [0.15, 0.2) is 0 Å². The fourth-order valence-corrected chi connectivity index (χ4v) is 4.63. The maximum Gasteiger partial charge on any atom is 0.279 e. The van der Waals surface area contributed by atoms with Crippen LogP contribution in [0.4, 0.5) is 0 Å². The first kappa shape index (κ1) is 17.1. The van der Waals surface area contributed by atoms with Crippen LogP contribution in [0, 0.1) is 0 Å². The third-order valence-electron chi connectivity index (χ3n) is 4.47. The van der Waals surface area contributed by atoms with Crippen molar-refractivity contribution in [3.05, 3.63) is 0 Å². The summed E-state index contributed by atoms with van der Waals surface area (Å²) in [7, 11) is -1.47. The lowest BCUT2D eigenvalue weighted by atomic mass is 10.1. The second kappa shape index (κ2) is 7.87. The number of hydrogen-bond donors (Lipinski definition) is 2. The number of hydrogen-bond acceptors (Lipinski definition) is 4. The zero-order valence-electron chi connectivity index (χ0n) is 13.3. The first-order valence-corrected chi connectivity index (χ1v) is 9.67. The van der Waals surface area contributed by atoms with Crippen molar-refractivity contribution in [2.75, 3.05) is 39.8 Å². The summed E-state index contributed by atoms with van der Waals surface area (Å²) in [5.74, 6) is 0. The number of rotatable bonds is 9. The second-order valence-electron chi connectivity index (χ2n) is 6.08. The molecule has 0 bridgehead atoms. The van der Waals surface area contributed by atoms with Crippen molar-refractivity contribution in [3.63, 3.8) is 0 Å². The third-order valence-corrected chi connectivity index (χ3v) is 6.14. The van der Waals surface area contributed by atoms with Crippen LogP contribution in [0.5, 0.6) is 0 Å². The lowest BCUT2D eigenvalue weighted by Crippen LogP contribution is -2.53. The Kier molecular flexibility index (Phi) is 6.43. The van der Waals surface area contributed by atoms with Crippen LogP contribution in [-0.4, -0.2) is 69.5 Å². The van der Waals surface area contributed by atoms with Crippen molar-refractivity contribution in [2.24, 2.45) is 0 Å². The molecule has 1 saturated heterocycles. The zero-order valence-corrected chi connectivity index (χ0v) is 14.2. The average molecular weight is 318 g/mol. The molecule has 21 heavy (non-hydrogen) atoms. The van der Waals surface area contributed by atoms with Gasteiger partial charge in [-0.2, -0.15) is 12.7 Å². The number of nitrogens with zero attached hydrogens (tertiary/aromatic N) is 2. The van der Waals surface area contributed by atoms with Gasteiger partial charge in [0.1, 0.15) is 0 Å². The van der Waals surface area contributed by atoms with Gasteiger partial charge in [-0.05, 0) is 39.3 Å². The highest BCUT2D eigenvalue weighted by molar-refractivity contribution is 7.87. The minimum Gasteiger partial charge on any atom is -0.318 e. The quantitative estimate of drug-likeness (QED) is 0.645. The van der Waals surface area contributed by atoms with Crippen LogP contribution in [0.25, 0.3) is 0 Å². The topological polar surface area (TPSA) is 64.7 Å². The molecule has 1 saturated carbocycles. The van der Waals surface area contributed by atoms with Gasteiger partial charge in [0, 0.05) is 38.3 Å². The monoisotopic (exact) mass is 318 g/mol. The van der Waals surface area contributed by atoms with Gasteiger partial charge in [-0.15, -0.1) is 0 Å². The zero-order chi connectivity index (χ0) is 15.3. The number of piperidine rings is 1. The average Bonchev–Trinajstić information content (AvgIpc) is 3.29. The van der Waals surface area contributed by atoms with Crippen molar-refractivity contribution in [2.45, 2.75) is 51.1 Å². The van der Waals surface area contributed by atoms with Gasteiger partial charge in [0.2, 0.25) is 0 Å². The highest BCUT2D eigenvalue weighted by Gasteiger charge is 2.32. The molecule has 2 aliphatic rings. The Morgan fingerprint density at radius 2 is 2.00 bits per heavy atom. The van der Waals surface area contributed by atoms with E-state index < -0.39 is 10.2 Å². The van der Waals surface area contributed by atoms with Gasteiger partial charge < -0.3 is 5.32 Å². The Morgan fingerprint density at radius 3 is 2.62 bits per heavy atom. The van der Waals surface area contributed by atoms with Crippen LogP contribution in [0.2, 0.25) is 0 Å². The van der Waals surface area contributed by atoms with Crippen molar-refractivity contribution in [1.29, 1.82) is 0 Å². The van der Waals surface area contributed by atoms with E-state index >= 15 is 0 Å². The minimum atomic E-state index is -3.35. The summed E-state index contributed by atoms with van der Waals surface area (Å²) >= 11 is 0. The highest BCUT2D eigenvalue weighted by atomic mass is 32.2. The van der Waals surface area contributed by atoms with E-state index in [1.54, 1.807) is 4.31 Å². The number of nitrogens with one attached hydrogen (secondary N) is 2. The molecule has 1 aliphatic heterocycles. The van der Waals surface area contributed by atoms with Crippen molar-refractivity contribution in [3.8, 4) is 0 Å². The molecule has 7 heteroatoms. The van der Waals surface area contributed by atoms with Gasteiger partial charge in [-0.1, -0.05) is 13.3 Å². The molecule has 1 heterocycles. The predicted octanol–water partition coefficient (Wildman–Crippen LogP) is 0.379. The van der Waals surface area contributed by atoms with E-state index in [4.69, 9.17) is 0 Å². The Labute approximate surface area is 129 Å². The van der Waals surface area contributed by atoms with Gasteiger partial charge in [-0.25, -0.2) is 4.72 Å². The largest absolute Gasteiger partial charge is 0.318 e. The fourth-order valence-electron chi connectivity index (χ4n) is 3.17. The highest BCUT2D eigenvalue weighted by Crippen LogP contribution is 2.26. The first-order valence-electron chi connectivity index (χ1n) is 8.23. The standard InChI is InChI=1S/C14H30N4O2S/c1-3-17(13-7-8-13)11-9-16-21(19,20)18-10-5-4-6-14(18)12-15-2/h13-16H,3-12H2,1-2H3. The molecule has 1 unspecified atom stereocenters. The van der Waals surface area contributed by atoms with Gasteiger partial charge in [0.25, 0.3) is 10.2 Å². The molecule has 1 atom stereocenters. The van der Waals surface area contributed by atoms with Crippen LogP contribution >= 0.6 is 0 Å². The van der Waals surface area contributed by atoms with Crippen LogP contribution in [-0.2, 0) is 10.2 Å². The second-order valence-corrected chi connectivity index (χ2v) is 7.78. The third kappa shape index (κ3) is 4.89. The molecule has 2 fully saturated rings. The normalized spacial score (nSPS) is 24.6. The molecule has 124 valence electrons. The Morgan fingerprint density at radius 1 is 1.24 bits per heavy atom. The van der Waals surface area contributed by atoms with Gasteiger partial charge in [-0.3, -0.25) is 4.90 Å². The van der Waals surface area contributed by atoms with Crippen LogP contribution < -0.4 is 10.0 Å². The summed E-state index contributed by atoms with van der Waals surface area (Å²) in [6.45, 7) is 5.82. The van der Waals surface area contributed by atoms with Crippen molar-refractivity contribution >= 4 is 10.2 Å². The SMILES string of the molecule is CCN(CCNS(=O)(=O)N1CCCCC1CNC)C1CC1. The summed E-state index contributed by atoms with van der Waals surface area (Å²) < 4.78 is 29.4. The molecule has 0 radical (unpaired) electrons. The van der Waals surface area contributed by atoms with Crippen molar-refractivity contribution < 1.29 is 8.42 Å². The summed E-state index contributed by atoms with van der Waals surface area (Å²) in [4.78, 5) is 2.36. The summed E-state index contributed by atoms with van der Waals surface area (Å²) in [6.07, 6.45) is 5.55. The molecule has 1 aliphatic carbocycles. The number of likely N-dealkylation sites (N-methyl/N-ethyl adjacent to an activating group) is 2. The summed E-state index contributed by atoms with van der Waals surface area (Å²) in [5, 5.41) is 3.10. The van der Waals surface area contributed by atoms with E-state index in [2.05, 4.69) is 21.9 Å². The van der Waals surface area contributed by atoms with Gasteiger partial charge >= 0.3 is 0 Å². The Balaban J connectivity index is 1.84. The molecular weight excluding hydrogens is 288 g/mol. The van der Waals surface area contributed by atoms with Gasteiger partial charge in [0.05, 0.1) is 0 Å². The maximum absolute atomic E-state index is 12.5. The van der Waals surface area contributed by atoms with E-state index in [1.807, 2.05) is 7.05 Å². The smallest absolute Gasteiger partial charge is 0.279 e. The van der Waals surface area contributed by atoms with E-state index in [-0.39, 0.29) is 6.04 Å². The van der Waals surface area contributed by atoms with E-state index in [0.29, 0.717) is 19.1 Å². The lowest BCUT2D eigenvalue weighted by molar-refractivity contribution is 0.243. The molecule has 0 aromatic carbocycles. The predicted molar refractivity (Wildman–Crippen MR) is 85.5 cm³/mol. The fraction of sp³-hybridized carbons (Fsp3) is 1.00. The summed E-state index contributed by atoms with van der Waals surface area (Å²) in [6, 6.07) is 0.776. The van der Waals surface area contributed by atoms with E-state index in [9.17, 15) is 8.42 Å². The molecule has 2 N–H and O–H groups in total. The van der Waals surface area contributed by atoms with Gasteiger partial charge in [0.15, 0.2) is 0 Å². The summed E-state index contributed by atoms with van der Waals surface area (Å²) in [5.41, 5.74) is 0. The molecule has 0 spiro atoms. The first-order chi connectivity index (χ1) is 10.1. The van der Waals surface area contributed by atoms with Crippen LogP contribution in [0.1, 0.15) is 39.0 Å². The molecular formula is C14H30N4O2S. The minimum absolute atomic E-state index is 0.0898. The lowest BCUT2D eigenvalue weighted by Gasteiger charge is -2.34. The Hall–Kier alpha value is -0.210. The van der Waals surface area contributed by atoms with Crippen LogP contribution in [0.3, 0.4) is 0 Å². The molecule has 0 amide bonds. The van der Waals surface area contributed by atoms with Crippen molar-refractivity contribution in [1.82, 2.24) is 19.2 Å². The van der Waals surface area contributed by atoms with E-state index in [1.165, 1.54) is 12.8 Å². The molecule has 6 nitrogen and oxygen atoms in total. The molecule has 2 rings (SSSR count).